The smallest absolute Gasteiger partial charge is 0.408 e. The number of alkyl carbamates (subject to hydrolysis) is 1. The van der Waals surface area contributed by atoms with Crippen LogP contribution in [0.25, 0.3) is 28.3 Å². The molecule has 37 heavy (non-hydrogen) atoms. The number of ether oxygens (including phenoxy) is 2. The summed E-state index contributed by atoms with van der Waals surface area (Å²) in [6, 6.07) is 20.4. The van der Waals surface area contributed by atoms with E-state index in [9.17, 15) is 4.79 Å². The minimum Gasteiger partial charge on any atom is -0.475 e. The number of rotatable bonds is 6. The number of aromatic nitrogens is 3. The third-order valence-corrected chi connectivity index (χ3v) is 6.53. The van der Waals surface area contributed by atoms with Crippen LogP contribution in [-0.4, -0.2) is 32.2 Å². The van der Waals surface area contributed by atoms with E-state index in [1.165, 1.54) is 0 Å². The summed E-state index contributed by atoms with van der Waals surface area (Å²) in [5.41, 5.74) is 3.98. The van der Waals surface area contributed by atoms with Gasteiger partial charge in [-0.3, -0.25) is 4.40 Å². The van der Waals surface area contributed by atoms with Gasteiger partial charge in [0.2, 0.25) is 11.7 Å². The molecule has 0 unspecified atom stereocenters. The van der Waals surface area contributed by atoms with Gasteiger partial charge in [0.1, 0.15) is 5.60 Å². The lowest BCUT2D eigenvalue weighted by molar-refractivity contribution is 0.0377. The largest absolute Gasteiger partial charge is 0.475 e. The number of benzene rings is 2. The van der Waals surface area contributed by atoms with E-state index in [1.54, 1.807) is 0 Å². The number of fused-ring (bicyclic) bond motifs is 1. The topological polar surface area (TPSA) is 77.8 Å². The van der Waals surface area contributed by atoms with Crippen molar-refractivity contribution in [1.82, 2.24) is 19.7 Å². The SMILES string of the molecule is CC(C)Oc1ccn2c(-c3ccccc3)c(-c3ccc(C4(NC(=O)OC(C)(C)C)CCC4)cc3)nc2n1. The van der Waals surface area contributed by atoms with Gasteiger partial charge in [-0.05, 0) is 59.4 Å². The van der Waals surface area contributed by atoms with Crippen LogP contribution in [0.15, 0.2) is 66.9 Å². The highest BCUT2D eigenvalue weighted by atomic mass is 16.6. The quantitative estimate of drug-likeness (QED) is 0.318. The molecule has 2 aromatic carbocycles. The molecule has 7 heteroatoms. The van der Waals surface area contributed by atoms with Crippen LogP contribution in [0.2, 0.25) is 0 Å². The van der Waals surface area contributed by atoms with Crippen LogP contribution >= 0.6 is 0 Å². The minimum absolute atomic E-state index is 0.0265. The molecule has 0 bridgehead atoms. The Morgan fingerprint density at radius 2 is 1.68 bits per heavy atom. The van der Waals surface area contributed by atoms with Crippen molar-refractivity contribution in [2.75, 3.05) is 0 Å². The fourth-order valence-electron chi connectivity index (χ4n) is 4.76. The molecule has 5 rings (SSSR count). The van der Waals surface area contributed by atoms with Crippen molar-refractivity contribution in [3.8, 4) is 28.4 Å². The lowest BCUT2D eigenvalue weighted by Crippen LogP contribution is -2.52. The fraction of sp³-hybridized carbons (Fsp3) is 0.367. The number of nitrogens with one attached hydrogen (secondary N) is 1. The Balaban J connectivity index is 1.52. The average molecular weight is 499 g/mol. The van der Waals surface area contributed by atoms with Gasteiger partial charge in [0, 0.05) is 23.4 Å². The molecule has 0 saturated heterocycles. The van der Waals surface area contributed by atoms with E-state index < -0.39 is 11.1 Å². The third kappa shape index (κ3) is 5.17. The van der Waals surface area contributed by atoms with Crippen molar-refractivity contribution in [2.24, 2.45) is 0 Å². The Morgan fingerprint density at radius 3 is 2.27 bits per heavy atom. The summed E-state index contributed by atoms with van der Waals surface area (Å²) in [6.07, 6.45) is 4.44. The van der Waals surface area contributed by atoms with Crippen molar-refractivity contribution < 1.29 is 14.3 Å². The molecule has 0 spiro atoms. The van der Waals surface area contributed by atoms with Gasteiger partial charge in [0.25, 0.3) is 0 Å². The maximum Gasteiger partial charge on any atom is 0.408 e. The van der Waals surface area contributed by atoms with Crippen LogP contribution in [0.1, 0.15) is 59.4 Å². The second kappa shape index (κ2) is 9.54. The predicted molar refractivity (Wildman–Crippen MR) is 145 cm³/mol. The molecule has 1 N–H and O–H groups in total. The predicted octanol–water partition coefficient (Wildman–Crippen LogP) is 6.75. The third-order valence-electron chi connectivity index (χ3n) is 6.53. The van der Waals surface area contributed by atoms with E-state index in [1.807, 2.05) is 69.5 Å². The Morgan fingerprint density at radius 1 is 0.973 bits per heavy atom. The summed E-state index contributed by atoms with van der Waals surface area (Å²) >= 11 is 0. The Kier molecular flexibility index (Phi) is 6.40. The van der Waals surface area contributed by atoms with Crippen molar-refractivity contribution in [3.63, 3.8) is 0 Å². The number of carbonyl (C=O) groups is 1. The Hall–Kier alpha value is -3.87. The highest BCUT2D eigenvalue weighted by molar-refractivity contribution is 5.81. The summed E-state index contributed by atoms with van der Waals surface area (Å²) < 4.78 is 13.3. The lowest BCUT2D eigenvalue weighted by atomic mass is 9.71. The van der Waals surface area contributed by atoms with Crippen LogP contribution in [0.4, 0.5) is 4.79 Å². The van der Waals surface area contributed by atoms with Crippen LogP contribution in [0.3, 0.4) is 0 Å². The second-order valence-electron chi connectivity index (χ2n) is 10.9. The summed E-state index contributed by atoms with van der Waals surface area (Å²) in [7, 11) is 0. The molecule has 1 saturated carbocycles. The van der Waals surface area contributed by atoms with Crippen LogP contribution in [0.5, 0.6) is 5.88 Å². The van der Waals surface area contributed by atoms with Gasteiger partial charge < -0.3 is 14.8 Å². The maximum absolute atomic E-state index is 12.6. The molecule has 1 fully saturated rings. The second-order valence-corrected chi connectivity index (χ2v) is 10.9. The van der Waals surface area contributed by atoms with Crippen LogP contribution in [-0.2, 0) is 10.3 Å². The van der Waals surface area contributed by atoms with Crippen molar-refractivity contribution >= 4 is 11.9 Å². The minimum atomic E-state index is -0.538. The number of amides is 1. The molecule has 7 nitrogen and oxygen atoms in total. The van der Waals surface area contributed by atoms with E-state index >= 15 is 0 Å². The summed E-state index contributed by atoms with van der Waals surface area (Å²) in [4.78, 5) is 22.1. The fourth-order valence-corrected chi connectivity index (χ4v) is 4.76. The van der Waals surface area contributed by atoms with Crippen molar-refractivity contribution in [3.05, 3.63) is 72.4 Å². The van der Waals surface area contributed by atoms with Gasteiger partial charge in [-0.15, -0.1) is 0 Å². The van der Waals surface area contributed by atoms with Gasteiger partial charge in [-0.25, -0.2) is 9.78 Å². The van der Waals surface area contributed by atoms with E-state index in [4.69, 9.17) is 14.5 Å². The molecule has 1 amide bonds. The van der Waals surface area contributed by atoms with Crippen LogP contribution < -0.4 is 10.1 Å². The normalized spacial score (nSPS) is 14.9. The van der Waals surface area contributed by atoms with Gasteiger partial charge in [-0.2, -0.15) is 4.98 Å². The van der Waals surface area contributed by atoms with E-state index in [0.717, 1.165) is 47.3 Å². The molecule has 0 aliphatic heterocycles. The number of hydrogen-bond donors (Lipinski definition) is 1. The van der Waals surface area contributed by atoms with Crippen molar-refractivity contribution in [2.45, 2.75) is 71.1 Å². The highest BCUT2D eigenvalue weighted by Crippen LogP contribution is 2.42. The van der Waals surface area contributed by atoms with Gasteiger partial charge in [0.15, 0.2) is 0 Å². The summed E-state index contributed by atoms with van der Waals surface area (Å²) in [6.45, 7) is 9.58. The summed E-state index contributed by atoms with van der Waals surface area (Å²) in [5, 5.41) is 3.14. The monoisotopic (exact) mass is 498 g/mol. The number of hydrogen-bond acceptors (Lipinski definition) is 5. The Bertz CT molecular complexity index is 1400. The average Bonchev–Trinajstić information content (AvgIpc) is 3.19. The van der Waals surface area contributed by atoms with E-state index in [-0.39, 0.29) is 12.2 Å². The maximum atomic E-state index is 12.6. The number of nitrogens with zero attached hydrogens (tertiary/aromatic N) is 3. The summed E-state index contributed by atoms with van der Waals surface area (Å²) in [5.74, 6) is 1.13. The molecule has 2 heterocycles. The zero-order valence-corrected chi connectivity index (χ0v) is 22.1. The standard InChI is InChI=1S/C30H34N4O3/c1-20(2)36-24-16-19-34-26(22-10-7-6-8-11-22)25(32-27(34)31-24)21-12-14-23(15-13-21)30(17-9-18-30)33-28(35)37-29(3,4)5/h6-8,10-16,19-20H,9,17-18H2,1-5H3,(H,33,35). The van der Waals surface area contributed by atoms with Gasteiger partial charge >= 0.3 is 6.09 Å². The molecular formula is C30H34N4O3. The first-order valence-corrected chi connectivity index (χ1v) is 12.9. The van der Waals surface area contributed by atoms with E-state index in [0.29, 0.717) is 11.7 Å². The van der Waals surface area contributed by atoms with E-state index in [2.05, 4.69) is 46.7 Å². The first-order chi connectivity index (χ1) is 17.6. The molecule has 1 aliphatic carbocycles. The van der Waals surface area contributed by atoms with Crippen LogP contribution in [0, 0.1) is 0 Å². The molecule has 2 aromatic heterocycles. The van der Waals surface area contributed by atoms with Gasteiger partial charge in [0.05, 0.1) is 23.0 Å². The molecule has 1 aliphatic rings. The first kappa shape index (κ1) is 24.8. The van der Waals surface area contributed by atoms with Gasteiger partial charge in [-0.1, -0.05) is 54.6 Å². The number of carbonyl (C=O) groups excluding carboxylic acids is 1. The molecule has 0 radical (unpaired) electrons. The Labute approximate surface area is 217 Å². The lowest BCUT2D eigenvalue weighted by Gasteiger charge is -2.43. The zero-order chi connectivity index (χ0) is 26.2. The number of imidazole rings is 1. The zero-order valence-electron chi connectivity index (χ0n) is 22.1. The molecular weight excluding hydrogens is 464 g/mol. The molecule has 192 valence electrons. The highest BCUT2D eigenvalue weighted by Gasteiger charge is 2.41. The molecule has 0 atom stereocenters. The molecule has 4 aromatic rings. The van der Waals surface area contributed by atoms with Crippen molar-refractivity contribution in [1.29, 1.82) is 0 Å². The first-order valence-electron chi connectivity index (χ1n) is 12.9.